The molecule has 3 heteroatoms. The molecule has 1 aromatic carbocycles. The van der Waals surface area contributed by atoms with E-state index < -0.39 is 5.97 Å². The number of aryl methyl sites for hydroxylation is 1. The fourth-order valence-corrected chi connectivity index (χ4v) is 3.72. The lowest BCUT2D eigenvalue weighted by Crippen LogP contribution is -2.57. The lowest BCUT2D eigenvalue weighted by molar-refractivity contribution is -0.153. The quantitative estimate of drug-likeness (QED) is 0.907. The van der Waals surface area contributed by atoms with Gasteiger partial charge in [0.25, 0.3) is 0 Å². The Balaban J connectivity index is 1.81. The summed E-state index contributed by atoms with van der Waals surface area (Å²) in [5, 5.41) is 9.51. The molecule has 1 saturated carbocycles. The fourth-order valence-electron chi connectivity index (χ4n) is 3.72. The second-order valence-corrected chi connectivity index (χ2v) is 6.01. The molecule has 3 aliphatic rings. The van der Waals surface area contributed by atoms with Gasteiger partial charge in [-0.3, -0.25) is 9.69 Å². The van der Waals surface area contributed by atoms with E-state index in [4.69, 9.17) is 0 Å². The predicted molar refractivity (Wildman–Crippen MR) is 73.9 cm³/mol. The van der Waals surface area contributed by atoms with E-state index in [-0.39, 0.29) is 6.04 Å². The molecule has 2 aliphatic heterocycles. The maximum atomic E-state index is 11.6. The van der Waals surface area contributed by atoms with Crippen molar-refractivity contribution in [3.63, 3.8) is 0 Å². The van der Waals surface area contributed by atoms with Crippen molar-refractivity contribution in [1.29, 1.82) is 0 Å². The second-order valence-electron chi connectivity index (χ2n) is 6.01. The molecule has 102 valence electrons. The first kappa shape index (κ1) is 12.7. The van der Waals surface area contributed by atoms with Crippen molar-refractivity contribution in [2.24, 2.45) is 5.92 Å². The zero-order valence-corrected chi connectivity index (χ0v) is 11.4. The monoisotopic (exact) mass is 259 g/mol. The van der Waals surface area contributed by atoms with Crippen molar-refractivity contribution in [3.8, 4) is 0 Å². The molecule has 19 heavy (non-hydrogen) atoms. The largest absolute Gasteiger partial charge is 0.480 e. The maximum Gasteiger partial charge on any atom is 0.321 e. The van der Waals surface area contributed by atoms with Crippen LogP contribution in [0.5, 0.6) is 0 Å². The summed E-state index contributed by atoms with van der Waals surface area (Å²) in [4.78, 5) is 13.8. The molecule has 0 spiro atoms. The van der Waals surface area contributed by atoms with Crippen LogP contribution >= 0.6 is 0 Å². The zero-order chi connectivity index (χ0) is 13.4. The first-order valence-electron chi connectivity index (χ1n) is 7.19. The van der Waals surface area contributed by atoms with Gasteiger partial charge in [-0.1, -0.05) is 29.8 Å². The van der Waals surface area contributed by atoms with Gasteiger partial charge >= 0.3 is 5.97 Å². The lowest BCUT2D eigenvalue weighted by atomic mass is 9.74. The fraction of sp³-hybridized carbons (Fsp3) is 0.562. The van der Waals surface area contributed by atoms with Crippen molar-refractivity contribution in [2.45, 2.75) is 51.2 Å². The van der Waals surface area contributed by atoms with Crippen molar-refractivity contribution in [3.05, 3.63) is 35.4 Å². The van der Waals surface area contributed by atoms with Crippen molar-refractivity contribution < 1.29 is 9.90 Å². The Labute approximate surface area is 114 Å². The third-order valence-electron chi connectivity index (χ3n) is 4.75. The van der Waals surface area contributed by atoms with Crippen LogP contribution in [0.25, 0.3) is 0 Å². The molecule has 1 atom stereocenters. The highest BCUT2D eigenvalue weighted by molar-refractivity contribution is 5.74. The molecular weight excluding hydrogens is 238 g/mol. The number of hydrogen-bond donors (Lipinski definition) is 1. The number of nitrogens with zero attached hydrogens (tertiary/aromatic N) is 1. The summed E-state index contributed by atoms with van der Waals surface area (Å²) in [6.07, 6.45) is 4.51. The summed E-state index contributed by atoms with van der Waals surface area (Å²) in [6.45, 7) is 2.85. The number of aliphatic carboxylic acids is 1. The molecule has 3 fully saturated rings. The lowest BCUT2D eigenvalue weighted by Gasteiger charge is -2.49. The number of rotatable bonds is 3. The SMILES string of the molecule is Cc1ccc(CN2C3CCC(CC3)C2C(=O)O)cc1. The average molecular weight is 259 g/mol. The van der Waals surface area contributed by atoms with E-state index >= 15 is 0 Å². The number of fused-ring (bicyclic) bond motifs is 3. The summed E-state index contributed by atoms with van der Waals surface area (Å²) in [5.74, 6) is -0.283. The van der Waals surface area contributed by atoms with Gasteiger partial charge in [0, 0.05) is 12.6 Å². The van der Waals surface area contributed by atoms with Gasteiger partial charge in [0.2, 0.25) is 0 Å². The van der Waals surface area contributed by atoms with Crippen LogP contribution < -0.4 is 0 Å². The summed E-state index contributed by atoms with van der Waals surface area (Å²) in [6, 6.07) is 8.65. The van der Waals surface area contributed by atoms with Gasteiger partial charge in [-0.2, -0.15) is 0 Å². The second kappa shape index (κ2) is 4.97. The normalized spacial score (nSPS) is 30.5. The third kappa shape index (κ3) is 2.39. The van der Waals surface area contributed by atoms with Crippen LogP contribution in [-0.4, -0.2) is 28.1 Å². The van der Waals surface area contributed by atoms with Gasteiger partial charge in [-0.25, -0.2) is 0 Å². The van der Waals surface area contributed by atoms with E-state index in [0.717, 1.165) is 19.4 Å². The Kier molecular flexibility index (Phi) is 3.31. The Hall–Kier alpha value is -1.35. The molecule has 2 bridgehead atoms. The molecule has 0 amide bonds. The number of carboxylic acid groups (broad SMARTS) is 1. The van der Waals surface area contributed by atoms with Crippen LogP contribution in [0, 0.1) is 12.8 Å². The van der Waals surface area contributed by atoms with Crippen LogP contribution in [0.3, 0.4) is 0 Å². The Morgan fingerprint density at radius 1 is 1.21 bits per heavy atom. The predicted octanol–water partition coefficient (Wildman–Crippen LogP) is 2.82. The molecule has 2 heterocycles. The number of benzene rings is 1. The maximum absolute atomic E-state index is 11.6. The van der Waals surface area contributed by atoms with E-state index in [2.05, 4.69) is 36.1 Å². The van der Waals surface area contributed by atoms with Gasteiger partial charge in [0.15, 0.2) is 0 Å². The summed E-state index contributed by atoms with van der Waals surface area (Å²) < 4.78 is 0. The molecule has 1 aliphatic carbocycles. The van der Waals surface area contributed by atoms with Gasteiger partial charge in [0.1, 0.15) is 6.04 Å². The standard InChI is InChI=1S/C16H21NO2/c1-11-2-4-12(5-3-11)10-17-14-8-6-13(7-9-14)15(17)16(18)19/h2-5,13-15H,6-10H2,1H3,(H,18,19). The minimum Gasteiger partial charge on any atom is -0.480 e. The number of carbonyl (C=O) groups is 1. The van der Waals surface area contributed by atoms with E-state index in [1.165, 1.54) is 24.0 Å². The molecule has 1 unspecified atom stereocenters. The summed E-state index contributed by atoms with van der Waals surface area (Å²) in [7, 11) is 0. The topological polar surface area (TPSA) is 40.5 Å². The van der Waals surface area contributed by atoms with Gasteiger partial charge in [0.05, 0.1) is 0 Å². The van der Waals surface area contributed by atoms with Crippen molar-refractivity contribution >= 4 is 5.97 Å². The highest BCUT2D eigenvalue weighted by Crippen LogP contribution is 2.40. The van der Waals surface area contributed by atoms with E-state index in [1.54, 1.807) is 0 Å². The van der Waals surface area contributed by atoms with Crippen LogP contribution in [-0.2, 0) is 11.3 Å². The molecule has 2 saturated heterocycles. The molecule has 0 radical (unpaired) electrons. The molecule has 1 N–H and O–H groups in total. The van der Waals surface area contributed by atoms with E-state index in [1.807, 2.05) is 0 Å². The highest BCUT2D eigenvalue weighted by atomic mass is 16.4. The van der Waals surface area contributed by atoms with Gasteiger partial charge in [-0.15, -0.1) is 0 Å². The van der Waals surface area contributed by atoms with Crippen LogP contribution in [0.15, 0.2) is 24.3 Å². The molecular formula is C16H21NO2. The number of hydrogen-bond acceptors (Lipinski definition) is 2. The van der Waals surface area contributed by atoms with Crippen molar-refractivity contribution in [2.75, 3.05) is 0 Å². The Bertz CT molecular complexity index is 460. The first-order valence-corrected chi connectivity index (χ1v) is 7.19. The molecule has 1 aromatic rings. The minimum atomic E-state index is -0.637. The Morgan fingerprint density at radius 3 is 2.42 bits per heavy atom. The minimum absolute atomic E-state index is 0.270. The summed E-state index contributed by atoms with van der Waals surface area (Å²) in [5.41, 5.74) is 2.48. The summed E-state index contributed by atoms with van der Waals surface area (Å²) >= 11 is 0. The number of carboxylic acids is 1. The van der Waals surface area contributed by atoms with Gasteiger partial charge in [-0.05, 0) is 44.1 Å². The van der Waals surface area contributed by atoms with Gasteiger partial charge < -0.3 is 5.11 Å². The molecule has 0 aromatic heterocycles. The van der Waals surface area contributed by atoms with E-state index in [9.17, 15) is 9.90 Å². The third-order valence-corrected chi connectivity index (χ3v) is 4.75. The van der Waals surface area contributed by atoms with Crippen LogP contribution in [0.4, 0.5) is 0 Å². The van der Waals surface area contributed by atoms with Crippen LogP contribution in [0.1, 0.15) is 36.8 Å². The average Bonchev–Trinajstić information content (AvgIpc) is 2.42. The molecule has 4 rings (SSSR count). The zero-order valence-electron chi connectivity index (χ0n) is 11.4. The van der Waals surface area contributed by atoms with E-state index in [0.29, 0.717) is 12.0 Å². The first-order chi connectivity index (χ1) is 9.15. The van der Waals surface area contributed by atoms with Crippen molar-refractivity contribution in [1.82, 2.24) is 4.90 Å². The smallest absolute Gasteiger partial charge is 0.321 e. The highest BCUT2D eigenvalue weighted by Gasteiger charge is 2.45. The molecule has 3 nitrogen and oxygen atoms in total. The number of piperidine rings is 2. The Morgan fingerprint density at radius 2 is 1.84 bits per heavy atom. The van der Waals surface area contributed by atoms with Crippen LogP contribution in [0.2, 0.25) is 0 Å².